The number of nitrogens with zero attached hydrogens (tertiary/aromatic N) is 2. The van der Waals surface area contributed by atoms with Gasteiger partial charge < -0.3 is 9.47 Å². The Labute approximate surface area is 75.7 Å². The van der Waals surface area contributed by atoms with Crippen LogP contribution in [0.25, 0.3) is 0 Å². The van der Waals surface area contributed by atoms with Gasteiger partial charge >= 0.3 is 5.97 Å². The number of hydrogen-bond acceptors (Lipinski definition) is 5. The van der Waals surface area contributed by atoms with Crippen LogP contribution in [-0.4, -0.2) is 30.2 Å². The van der Waals surface area contributed by atoms with Crippen molar-refractivity contribution in [3.05, 3.63) is 17.6 Å². The molecule has 0 saturated carbocycles. The summed E-state index contributed by atoms with van der Waals surface area (Å²) in [6.07, 6.45) is 1.32. The summed E-state index contributed by atoms with van der Waals surface area (Å²) in [7, 11) is 2.79. The zero-order valence-electron chi connectivity index (χ0n) is 7.70. The topological polar surface area (TPSA) is 61.3 Å². The number of aromatic nitrogens is 2. The van der Waals surface area contributed by atoms with Crippen LogP contribution in [0, 0.1) is 6.92 Å². The number of hydrogen-bond donors (Lipinski definition) is 0. The van der Waals surface area contributed by atoms with Crippen molar-refractivity contribution in [2.24, 2.45) is 0 Å². The molecular formula is C8H10N2O3. The van der Waals surface area contributed by atoms with Crippen molar-refractivity contribution in [2.75, 3.05) is 14.2 Å². The second kappa shape index (κ2) is 3.84. The maximum atomic E-state index is 11.0. The molecule has 0 aliphatic rings. The molecule has 0 fully saturated rings. The second-order valence-corrected chi connectivity index (χ2v) is 2.34. The summed E-state index contributed by atoms with van der Waals surface area (Å²) < 4.78 is 9.37. The monoisotopic (exact) mass is 182 g/mol. The highest BCUT2D eigenvalue weighted by atomic mass is 16.5. The highest BCUT2D eigenvalue weighted by Gasteiger charge is 2.10. The van der Waals surface area contributed by atoms with Crippen LogP contribution in [0.5, 0.6) is 5.88 Å². The number of carbonyl (C=O) groups is 1. The molecule has 13 heavy (non-hydrogen) atoms. The number of methoxy groups -OCH3 is 2. The summed E-state index contributed by atoms with van der Waals surface area (Å²) in [6, 6.07) is 0. The van der Waals surface area contributed by atoms with Crippen LogP contribution < -0.4 is 4.74 Å². The average Bonchev–Trinajstić information content (AvgIpc) is 2.16. The second-order valence-electron chi connectivity index (χ2n) is 2.34. The highest BCUT2D eigenvalue weighted by molar-refractivity contribution is 5.86. The van der Waals surface area contributed by atoms with Crippen LogP contribution in [0.2, 0.25) is 0 Å². The van der Waals surface area contributed by atoms with E-state index >= 15 is 0 Å². The lowest BCUT2D eigenvalue weighted by atomic mass is 10.4. The average molecular weight is 182 g/mol. The fraction of sp³-hybridized carbons (Fsp3) is 0.375. The van der Waals surface area contributed by atoms with E-state index in [0.29, 0.717) is 11.6 Å². The first-order chi connectivity index (χ1) is 6.19. The fourth-order valence-corrected chi connectivity index (χ4v) is 0.874. The quantitative estimate of drug-likeness (QED) is 0.626. The van der Waals surface area contributed by atoms with Crippen molar-refractivity contribution < 1.29 is 14.3 Å². The lowest BCUT2D eigenvalue weighted by Crippen LogP contribution is -2.07. The van der Waals surface area contributed by atoms with Gasteiger partial charge in [0, 0.05) is 0 Å². The first-order valence-electron chi connectivity index (χ1n) is 3.65. The molecule has 0 bridgehead atoms. The molecule has 5 nitrogen and oxygen atoms in total. The van der Waals surface area contributed by atoms with Gasteiger partial charge in [-0.1, -0.05) is 0 Å². The number of esters is 1. The van der Waals surface area contributed by atoms with E-state index in [1.54, 1.807) is 6.92 Å². The first-order valence-corrected chi connectivity index (χ1v) is 3.65. The molecule has 70 valence electrons. The predicted molar refractivity (Wildman–Crippen MR) is 44.7 cm³/mol. The Morgan fingerprint density at radius 2 is 2.15 bits per heavy atom. The molecule has 1 aromatic rings. The van der Waals surface area contributed by atoms with Gasteiger partial charge in [0.1, 0.15) is 5.69 Å². The van der Waals surface area contributed by atoms with Gasteiger partial charge in [-0.05, 0) is 6.92 Å². The van der Waals surface area contributed by atoms with E-state index in [2.05, 4.69) is 14.7 Å². The Hall–Kier alpha value is -1.65. The standard InChI is InChI=1S/C8H10N2O3/c1-5-7(12-2)9-4-6(10-5)8(11)13-3/h4H,1-3H3. The molecule has 0 radical (unpaired) electrons. The molecular weight excluding hydrogens is 172 g/mol. The van der Waals surface area contributed by atoms with E-state index in [1.165, 1.54) is 20.4 Å². The molecule has 0 saturated heterocycles. The molecule has 0 spiro atoms. The van der Waals surface area contributed by atoms with Gasteiger partial charge in [-0.25, -0.2) is 14.8 Å². The summed E-state index contributed by atoms with van der Waals surface area (Å²) in [6.45, 7) is 1.71. The maximum absolute atomic E-state index is 11.0. The predicted octanol–water partition coefficient (Wildman–Crippen LogP) is 0.580. The van der Waals surface area contributed by atoms with Crippen LogP contribution in [0.1, 0.15) is 16.2 Å². The highest BCUT2D eigenvalue weighted by Crippen LogP contribution is 2.10. The minimum absolute atomic E-state index is 0.181. The van der Waals surface area contributed by atoms with Crippen LogP contribution in [0.15, 0.2) is 6.20 Å². The molecule has 5 heteroatoms. The molecule has 1 aromatic heterocycles. The van der Waals surface area contributed by atoms with E-state index in [-0.39, 0.29) is 5.69 Å². The Kier molecular flexibility index (Phi) is 2.79. The number of ether oxygens (including phenoxy) is 2. The van der Waals surface area contributed by atoms with Crippen molar-refractivity contribution in [3.63, 3.8) is 0 Å². The normalized spacial score (nSPS) is 9.46. The number of carbonyl (C=O) groups excluding carboxylic acids is 1. The van der Waals surface area contributed by atoms with Crippen LogP contribution in [-0.2, 0) is 4.74 Å². The maximum Gasteiger partial charge on any atom is 0.358 e. The van der Waals surface area contributed by atoms with Gasteiger partial charge in [0.15, 0.2) is 5.69 Å². The van der Waals surface area contributed by atoms with Crippen molar-refractivity contribution >= 4 is 5.97 Å². The van der Waals surface area contributed by atoms with Gasteiger partial charge in [0.2, 0.25) is 5.88 Å². The number of aryl methyl sites for hydroxylation is 1. The van der Waals surface area contributed by atoms with Gasteiger partial charge in [-0.3, -0.25) is 0 Å². The van der Waals surface area contributed by atoms with Gasteiger partial charge in [-0.2, -0.15) is 0 Å². The summed E-state index contributed by atoms with van der Waals surface area (Å²) in [5, 5.41) is 0. The Balaban J connectivity index is 3.02. The van der Waals surface area contributed by atoms with E-state index < -0.39 is 5.97 Å². The molecule has 0 aromatic carbocycles. The first kappa shape index (κ1) is 9.44. The lowest BCUT2D eigenvalue weighted by molar-refractivity contribution is 0.0593. The van der Waals surface area contributed by atoms with Crippen molar-refractivity contribution in [3.8, 4) is 5.88 Å². The fourth-order valence-electron chi connectivity index (χ4n) is 0.874. The Morgan fingerprint density at radius 1 is 1.46 bits per heavy atom. The lowest BCUT2D eigenvalue weighted by Gasteiger charge is -2.03. The van der Waals surface area contributed by atoms with Gasteiger partial charge in [0.05, 0.1) is 20.4 Å². The zero-order chi connectivity index (χ0) is 9.84. The minimum atomic E-state index is -0.502. The largest absolute Gasteiger partial charge is 0.480 e. The van der Waals surface area contributed by atoms with Gasteiger partial charge in [0.25, 0.3) is 0 Å². The SMILES string of the molecule is COC(=O)c1cnc(OC)c(C)n1. The minimum Gasteiger partial charge on any atom is -0.480 e. The summed E-state index contributed by atoms with van der Waals surface area (Å²) in [5.41, 5.74) is 0.742. The Morgan fingerprint density at radius 3 is 2.62 bits per heavy atom. The Bertz CT molecular complexity index is 325. The van der Waals surface area contributed by atoms with Crippen LogP contribution in [0.4, 0.5) is 0 Å². The molecule has 0 aliphatic carbocycles. The molecule has 0 unspecified atom stereocenters. The summed E-state index contributed by atoms with van der Waals surface area (Å²) >= 11 is 0. The number of rotatable bonds is 2. The smallest absolute Gasteiger partial charge is 0.358 e. The molecule has 0 aliphatic heterocycles. The van der Waals surface area contributed by atoms with Crippen LogP contribution >= 0.6 is 0 Å². The van der Waals surface area contributed by atoms with Crippen molar-refractivity contribution in [1.29, 1.82) is 0 Å². The van der Waals surface area contributed by atoms with E-state index in [0.717, 1.165) is 0 Å². The van der Waals surface area contributed by atoms with Gasteiger partial charge in [-0.15, -0.1) is 0 Å². The van der Waals surface area contributed by atoms with E-state index in [1.807, 2.05) is 0 Å². The summed E-state index contributed by atoms with van der Waals surface area (Å²) in [4.78, 5) is 18.8. The third-order valence-electron chi connectivity index (χ3n) is 1.49. The summed E-state index contributed by atoms with van der Waals surface area (Å²) in [5.74, 6) is -0.0918. The molecule has 0 atom stereocenters. The van der Waals surface area contributed by atoms with Crippen LogP contribution in [0.3, 0.4) is 0 Å². The molecule has 1 heterocycles. The molecule has 0 amide bonds. The third kappa shape index (κ3) is 1.93. The van der Waals surface area contributed by atoms with Crippen molar-refractivity contribution in [2.45, 2.75) is 6.92 Å². The van der Waals surface area contributed by atoms with E-state index in [9.17, 15) is 4.79 Å². The van der Waals surface area contributed by atoms with Crippen molar-refractivity contribution in [1.82, 2.24) is 9.97 Å². The zero-order valence-corrected chi connectivity index (χ0v) is 7.70. The molecule has 1 rings (SSSR count). The molecule has 0 N–H and O–H groups in total. The van der Waals surface area contributed by atoms with E-state index in [4.69, 9.17) is 4.74 Å². The third-order valence-corrected chi connectivity index (χ3v) is 1.49.